The van der Waals surface area contributed by atoms with Crippen molar-refractivity contribution in [2.45, 2.75) is 33.1 Å². The summed E-state index contributed by atoms with van der Waals surface area (Å²) in [7, 11) is 0. The normalized spacial score (nSPS) is 13.2. The van der Waals surface area contributed by atoms with Crippen LogP contribution in [-0.4, -0.2) is 15.8 Å². The summed E-state index contributed by atoms with van der Waals surface area (Å²) in [6, 6.07) is 63.6. The van der Waals surface area contributed by atoms with Crippen molar-refractivity contribution in [1.29, 1.82) is 0 Å². The van der Waals surface area contributed by atoms with Gasteiger partial charge in [-0.15, -0.1) is 0 Å². The lowest BCUT2D eigenvalue weighted by Gasteiger charge is -2.41. The summed E-state index contributed by atoms with van der Waals surface area (Å²) in [6.45, 7) is 9.21. The number of anilines is 3. The van der Waals surface area contributed by atoms with Gasteiger partial charge in [0.25, 0.3) is 6.71 Å². The van der Waals surface area contributed by atoms with Crippen LogP contribution >= 0.6 is 0 Å². The first-order chi connectivity index (χ1) is 27.8. The van der Waals surface area contributed by atoms with Crippen LogP contribution in [-0.2, 0) is 5.41 Å². The molecule has 2 aliphatic rings. The number of benzene rings is 8. The predicted octanol–water partition coefficient (Wildman–Crippen LogP) is 11.8. The molecular weight excluding hydrogens is 689 g/mol. The molecule has 10 aromatic rings. The van der Waals surface area contributed by atoms with E-state index >= 15 is 0 Å². The van der Waals surface area contributed by atoms with Gasteiger partial charge in [0.15, 0.2) is 0 Å². The van der Waals surface area contributed by atoms with Crippen LogP contribution in [0.1, 0.15) is 31.9 Å². The maximum absolute atomic E-state index is 2.64. The molecule has 3 nitrogen and oxygen atoms in total. The lowest BCUT2D eigenvalue weighted by Crippen LogP contribution is -2.60. The SMILES string of the molecule is Cc1cc2c3c(c1)-n1c4c(cccc4c4ccc5c(c6ccccc6n5-c5ccccc5)c41)B3c1ccc(-c3ccccc3)cc1N2c1ccc(C(C)(C)C)cc1. The lowest BCUT2D eigenvalue weighted by atomic mass is 9.33. The summed E-state index contributed by atoms with van der Waals surface area (Å²) in [5.74, 6) is 0. The van der Waals surface area contributed by atoms with Crippen LogP contribution in [0.4, 0.5) is 17.1 Å². The highest BCUT2D eigenvalue weighted by atomic mass is 15.2. The highest BCUT2D eigenvalue weighted by Gasteiger charge is 2.42. The Bertz CT molecular complexity index is 3270. The number of para-hydroxylation sites is 3. The third-order valence-corrected chi connectivity index (χ3v) is 12.7. The molecule has 0 amide bonds. The smallest absolute Gasteiger partial charge is 0.252 e. The Morgan fingerprint density at radius 3 is 1.95 bits per heavy atom. The minimum Gasteiger partial charge on any atom is -0.311 e. The highest BCUT2D eigenvalue weighted by molar-refractivity contribution is 7.00. The number of hydrogen-bond acceptors (Lipinski definition) is 1. The van der Waals surface area contributed by atoms with Crippen LogP contribution in [0.5, 0.6) is 0 Å². The Hall–Kier alpha value is -6.78. The maximum atomic E-state index is 2.64. The van der Waals surface area contributed by atoms with Crippen LogP contribution in [0.2, 0.25) is 0 Å². The van der Waals surface area contributed by atoms with E-state index in [1.165, 1.54) is 111 Å². The van der Waals surface area contributed by atoms with Gasteiger partial charge in [0.05, 0.1) is 16.6 Å². The summed E-state index contributed by atoms with van der Waals surface area (Å²) in [4.78, 5) is 2.55. The van der Waals surface area contributed by atoms with Gasteiger partial charge < -0.3 is 14.0 Å². The van der Waals surface area contributed by atoms with E-state index in [0.29, 0.717) is 0 Å². The quantitative estimate of drug-likeness (QED) is 0.165. The molecule has 4 heterocycles. The number of aromatic nitrogens is 2. The first-order valence-corrected chi connectivity index (χ1v) is 20.1. The fourth-order valence-electron chi connectivity index (χ4n) is 10.2. The van der Waals surface area contributed by atoms with Crippen LogP contribution in [0.3, 0.4) is 0 Å². The Morgan fingerprint density at radius 1 is 0.456 bits per heavy atom. The van der Waals surface area contributed by atoms with E-state index in [4.69, 9.17) is 0 Å². The van der Waals surface area contributed by atoms with Gasteiger partial charge in [-0.25, -0.2) is 0 Å². The highest BCUT2D eigenvalue weighted by Crippen LogP contribution is 2.46. The fraction of sp³-hybridized carbons (Fsp3) is 0.0943. The topological polar surface area (TPSA) is 13.1 Å². The monoisotopic (exact) mass is 729 g/mol. The molecule has 270 valence electrons. The first-order valence-electron chi connectivity index (χ1n) is 20.1. The molecular formula is C53H40BN3. The van der Waals surface area contributed by atoms with E-state index in [1.807, 2.05) is 0 Å². The minimum atomic E-state index is 0.0614. The van der Waals surface area contributed by atoms with E-state index in [-0.39, 0.29) is 12.1 Å². The van der Waals surface area contributed by atoms with Crippen molar-refractivity contribution in [2.75, 3.05) is 4.90 Å². The van der Waals surface area contributed by atoms with Crippen molar-refractivity contribution in [3.63, 3.8) is 0 Å². The Kier molecular flexibility index (Phi) is 6.62. The molecule has 57 heavy (non-hydrogen) atoms. The van der Waals surface area contributed by atoms with Gasteiger partial charge in [0, 0.05) is 55.5 Å². The van der Waals surface area contributed by atoms with Crippen molar-refractivity contribution in [1.82, 2.24) is 9.13 Å². The Morgan fingerprint density at radius 2 is 1.16 bits per heavy atom. The van der Waals surface area contributed by atoms with Gasteiger partial charge in [0.2, 0.25) is 0 Å². The van der Waals surface area contributed by atoms with Gasteiger partial charge in [-0.05, 0) is 106 Å². The molecule has 4 heteroatoms. The average Bonchev–Trinajstić information content (AvgIpc) is 3.76. The standard InChI is InChI=1S/C53H40BN3/c1-33-30-47-50-48(31-33)57-51-39(40-27-29-45-49(52(40)57)41-18-11-12-21-44(41)55(45)37-16-9-6-10-17-37)19-13-20-43(51)54(50)42-28-22-35(34-14-7-5-8-15-34)32-46(42)56(47)38-25-23-36(24-26-38)53(2,3)4/h5-32H,1-4H3. The van der Waals surface area contributed by atoms with Crippen LogP contribution in [0.25, 0.3) is 66.1 Å². The molecule has 0 unspecified atom stereocenters. The molecule has 0 radical (unpaired) electrons. The molecule has 0 saturated carbocycles. The zero-order chi connectivity index (χ0) is 38.2. The molecule has 2 aromatic heterocycles. The van der Waals surface area contributed by atoms with Crippen LogP contribution in [0, 0.1) is 6.92 Å². The second-order valence-electron chi connectivity index (χ2n) is 17.0. The van der Waals surface area contributed by atoms with E-state index in [0.717, 1.165) is 0 Å². The summed E-state index contributed by atoms with van der Waals surface area (Å²) in [5, 5.41) is 5.16. The number of aryl methyl sites for hydroxylation is 1. The first kappa shape index (κ1) is 32.5. The van der Waals surface area contributed by atoms with Crippen molar-refractivity contribution in [3.05, 3.63) is 181 Å². The Balaban J connectivity index is 1.22. The molecule has 0 aliphatic carbocycles. The lowest BCUT2D eigenvalue weighted by molar-refractivity contribution is 0.590. The van der Waals surface area contributed by atoms with Crippen LogP contribution in [0.15, 0.2) is 170 Å². The molecule has 0 bridgehead atoms. The number of rotatable bonds is 3. The third kappa shape index (κ3) is 4.50. The van der Waals surface area contributed by atoms with Crippen molar-refractivity contribution >= 4 is 83.8 Å². The van der Waals surface area contributed by atoms with Gasteiger partial charge in [0.1, 0.15) is 0 Å². The summed E-state index contributed by atoms with van der Waals surface area (Å²) in [5.41, 5.74) is 20.3. The molecule has 2 aliphatic heterocycles. The predicted molar refractivity (Wildman–Crippen MR) is 243 cm³/mol. The third-order valence-electron chi connectivity index (χ3n) is 12.7. The maximum Gasteiger partial charge on any atom is 0.252 e. The van der Waals surface area contributed by atoms with E-state index in [2.05, 4.69) is 212 Å². The number of fused-ring (bicyclic) bond motifs is 11. The summed E-state index contributed by atoms with van der Waals surface area (Å²) in [6.07, 6.45) is 0. The second-order valence-corrected chi connectivity index (χ2v) is 17.0. The summed E-state index contributed by atoms with van der Waals surface area (Å²) >= 11 is 0. The van der Waals surface area contributed by atoms with Gasteiger partial charge >= 0.3 is 0 Å². The molecule has 8 aromatic carbocycles. The largest absolute Gasteiger partial charge is 0.311 e. The second kappa shape index (κ2) is 11.6. The van der Waals surface area contributed by atoms with Crippen molar-refractivity contribution in [3.8, 4) is 22.5 Å². The van der Waals surface area contributed by atoms with E-state index in [9.17, 15) is 0 Å². The Labute approximate surface area is 333 Å². The van der Waals surface area contributed by atoms with Gasteiger partial charge in [-0.2, -0.15) is 0 Å². The molecule has 0 saturated heterocycles. The fourth-order valence-corrected chi connectivity index (χ4v) is 10.2. The van der Waals surface area contributed by atoms with Gasteiger partial charge in [-0.1, -0.05) is 136 Å². The molecule has 0 spiro atoms. The average molecular weight is 730 g/mol. The molecule has 12 rings (SSSR count). The minimum absolute atomic E-state index is 0.0614. The zero-order valence-corrected chi connectivity index (χ0v) is 32.6. The molecule has 0 fully saturated rings. The van der Waals surface area contributed by atoms with Crippen LogP contribution < -0.4 is 21.3 Å². The summed E-state index contributed by atoms with van der Waals surface area (Å²) < 4.78 is 5.08. The van der Waals surface area contributed by atoms with E-state index < -0.39 is 0 Å². The van der Waals surface area contributed by atoms with Crippen molar-refractivity contribution < 1.29 is 0 Å². The van der Waals surface area contributed by atoms with Gasteiger partial charge in [-0.3, -0.25) is 0 Å². The molecule has 0 N–H and O–H groups in total. The molecule has 0 atom stereocenters. The zero-order valence-electron chi connectivity index (χ0n) is 32.6. The number of hydrogen-bond donors (Lipinski definition) is 0. The van der Waals surface area contributed by atoms with Crippen molar-refractivity contribution in [2.24, 2.45) is 0 Å². The number of nitrogens with zero attached hydrogens (tertiary/aromatic N) is 3. The van der Waals surface area contributed by atoms with E-state index in [1.54, 1.807) is 0 Å².